The summed E-state index contributed by atoms with van der Waals surface area (Å²) in [6.07, 6.45) is 1.79. The van der Waals surface area contributed by atoms with Gasteiger partial charge >= 0.3 is 5.97 Å². The standard InChI is InChI=1S/C15H16N4O2/c1-18-8-9-19(10-11-4-3-7-16-14(11)18)13-6-2-5-12(17-13)15(20)21/h2-7H,8-10H2,1H3,(H,20,21). The Morgan fingerprint density at radius 2 is 2.10 bits per heavy atom. The van der Waals surface area contributed by atoms with Gasteiger partial charge in [0, 0.05) is 38.4 Å². The van der Waals surface area contributed by atoms with Crippen molar-refractivity contribution in [3.63, 3.8) is 0 Å². The highest BCUT2D eigenvalue weighted by atomic mass is 16.4. The van der Waals surface area contributed by atoms with Gasteiger partial charge < -0.3 is 14.9 Å². The van der Waals surface area contributed by atoms with Crippen LogP contribution in [0, 0.1) is 0 Å². The van der Waals surface area contributed by atoms with E-state index in [1.807, 2.05) is 25.2 Å². The molecule has 2 aromatic heterocycles. The number of pyridine rings is 2. The molecule has 0 fully saturated rings. The number of aromatic nitrogens is 2. The normalized spacial score (nSPS) is 14.5. The van der Waals surface area contributed by atoms with Gasteiger partial charge in [0.2, 0.25) is 0 Å². The Morgan fingerprint density at radius 1 is 1.24 bits per heavy atom. The Morgan fingerprint density at radius 3 is 2.90 bits per heavy atom. The third-order valence-electron chi connectivity index (χ3n) is 3.57. The smallest absolute Gasteiger partial charge is 0.354 e. The van der Waals surface area contributed by atoms with Crippen LogP contribution in [-0.4, -0.2) is 41.2 Å². The summed E-state index contributed by atoms with van der Waals surface area (Å²) in [5.41, 5.74) is 1.18. The minimum absolute atomic E-state index is 0.0662. The molecule has 1 aliphatic heterocycles. The summed E-state index contributed by atoms with van der Waals surface area (Å²) < 4.78 is 0. The van der Waals surface area contributed by atoms with Crippen molar-refractivity contribution in [2.75, 3.05) is 29.9 Å². The molecule has 0 bridgehead atoms. The third kappa shape index (κ3) is 2.65. The summed E-state index contributed by atoms with van der Waals surface area (Å²) in [4.78, 5) is 23.9. The number of carboxylic acids is 1. The monoisotopic (exact) mass is 284 g/mol. The number of hydrogen-bond donors (Lipinski definition) is 1. The molecular weight excluding hydrogens is 268 g/mol. The van der Waals surface area contributed by atoms with Crippen molar-refractivity contribution in [2.24, 2.45) is 0 Å². The van der Waals surface area contributed by atoms with Crippen molar-refractivity contribution >= 4 is 17.6 Å². The lowest BCUT2D eigenvalue weighted by molar-refractivity contribution is 0.0690. The lowest BCUT2D eigenvalue weighted by Gasteiger charge is -2.22. The van der Waals surface area contributed by atoms with Crippen LogP contribution in [-0.2, 0) is 6.54 Å². The molecule has 0 saturated carbocycles. The first-order chi connectivity index (χ1) is 10.1. The maximum absolute atomic E-state index is 11.1. The van der Waals surface area contributed by atoms with Crippen molar-refractivity contribution in [1.29, 1.82) is 0 Å². The molecule has 3 heterocycles. The molecule has 0 saturated heterocycles. The van der Waals surface area contributed by atoms with Crippen molar-refractivity contribution in [2.45, 2.75) is 6.54 Å². The predicted molar refractivity (Wildman–Crippen MR) is 79.8 cm³/mol. The van der Waals surface area contributed by atoms with Gasteiger partial charge in [-0.25, -0.2) is 14.8 Å². The number of nitrogens with zero attached hydrogens (tertiary/aromatic N) is 4. The average Bonchev–Trinajstić information content (AvgIpc) is 2.67. The van der Waals surface area contributed by atoms with Gasteiger partial charge in [0.1, 0.15) is 11.6 Å². The van der Waals surface area contributed by atoms with Crippen LogP contribution < -0.4 is 9.80 Å². The number of likely N-dealkylation sites (N-methyl/N-ethyl adjacent to an activating group) is 1. The first-order valence-corrected chi connectivity index (χ1v) is 6.75. The Balaban J connectivity index is 1.94. The molecule has 3 rings (SSSR count). The molecule has 0 spiro atoms. The predicted octanol–water partition coefficient (Wildman–Crippen LogP) is 1.63. The summed E-state index contributed by atoms with van der Waals surface area (Å²) in [5, 5.41) is 9.06. The Hall–Kier alpha value is -2.63. The molecule has 0 aromatic carbocycles. The highest BCUT2D eigenvalue weighted by Crippen LogP contribution is 2.24. The highest BCUT2D eigenvalue weighted by Gasteiger charge is 2.19. The molecule has 1 N–H and O–H groups in total. The van der Waals surface area contributed by atoms with Crippen LogP contribution in [0.5, 0.6) is 0 Å². The maximum atomic E-state index is 11.1. The number of anilines is 2. The lowest BCUT2D eigenvalue weighted by Crippen LogP contribution is -2.30. The molecule has 108 valence electrons. The molecule has 0 aliphatic carbocycles. The average molecular weight is 284 g/mol. The largest absolute Gasteiger partial charge is 0.477 e. The molecule has 6 heteroatoms. The SMILES string of the molecule is CN1CCN(c2cccc(C(=O)O)n2)Cc2cccnc21. The van der Waals surface area contributed by atoms with Gasteiger partial charge in [-0.1, -0.05) is 12.1 Å². The zero-order valence-electron chi connectivity index (χ0n) is 11.7. The molecule has 21 heavy (non-hydrogen) atoms. The van der Waals surface area contributed by atoms with Gasteiger partial charge in [0.25, 0.3) is 0 Å². The van der Waals surface area contributed by atoms with Crippen molar-refractivity contribution in [3.05, 3.63) is 47.8 Å². The van der Waals surface area contributed by atoms with Gasteiger partial charge in [-0.2, -0.15) is 0 Å². The second-order valence-corrected chi connectivity index (χ2v) is 5.02. The van der Waals surface area contributed by atoms with Crippen molar-refractivity contribution in [3.8, 4) is 0 Å². The van der Waals surface area contributed by atoms with E-state index in [9.17, 15) is 4.79 Å². The lowest BCUT2D eigenvalue weighted by atomic mass is 10.2. The second kappa shape index (κ2) is 5.40. The molecule has 6 nitrogen and oxygen atoms in total. The van der Waals surface area contributed by atoms with Gasteiger partial charge in [0.05, 0.1) is 0 Å². The van der Waals surface area contributed by atoms with E-state index >= 15 is 0 Å². The Kier molecular flexibility index (Phi) is 3.43. The number of carboxylic acid groups (broad SMARTS) is 1. The van der Waals surface area contributed by atoms with Gasteiger partial charge in [-0.05, 0) is 18.2 Å². The fraction of sp³-hybridized carbons (Fsp3) is 0.267. The van der Waals surface area contributed by atoms with Crippen LogP contribution in [0.25, 0.3) is 0 Å². The molecule has 1 aliphatic rings. The first-order valence-electron chi connectivity index (χ1n) is 6.75. The van der Waals surface area contributed by atoms with Crippen LogP contribution in [0.2, 0.25) is 0 Å². The van der Waals surface area contributed by atoms with Crippen LogP contribution in [0.15, 0.2) is 36.5 Å². The first kappa shape index (κ1) is 13.4. The summed E-state index contributed by atoms with van der Waals surface area (Å²) in [6, 6.07) is 9.03. The number of rotatable bonds is 2. The molecule has 0 radical (unpaired) electrons. The second-order valence-electron chi connectivity index (χ2n) is 5.02. The molecule has 2 aromatic rings. The highest BCUT2D eigenvalue weighted by molar-refractivity contribution is 5.85. The fourth-order valence-electron chi connectivity index (χ4n) is 2.47. The van der Waals surface area contributed by atoms with E-state index < -0.39 is 5.97 Å². The quantitative estimate of drug-likeness (QED) is 0.904. The number of aromatic carboxylic acids is 1. The van der Waals surface area contributed by atoms with Crippen LogP contribution in [0.1, 0.15) is 16.1 Å². The molecule has 0 amide bonds. The van der Waals surface area contributed by atoms with Gasteiger partial charge in [0.15, 0.2) is 5.69 Å². The van der Waals surface area contributed by atoms with E-state index in [2.05, 4.69) is 19.8 Å². The minimum Gasteiger partial charge on any atom is -0.477 e. The molecule has 0 unspecified atom stereocenters. The van der Waals surface area contributed by atoms with E-state index in [0.29, 0.717) is 12.4 Å². The van der Waals surface area contributed by atoms with Crippen molar-refractivity contribution < 1.29 is 9.90 Å². The zero-order chi connectivity index (χ0) is 14.8. The molecule has 0 atom stereocenters. The van der Waals surface area contributed by atoms with E-state index in [0.717, 1.165) is 24.5 Å². The maximum Gasteiger partial charge on any atom is 0.354 e. The van der Waals surface area contributed by atoms with Gasteiger partial charge in [-0.15, -0.1) is 0 Å². The topological polar surface area (TPSA) is 69.6 Å². The summed E-state index contributed by atoms with van der Waals surface area (Å²) in [5.74, 6) is 0.639. The van der Waals surface area contributed by atoms with E-state index in [1.165, 1.54) is 6.07 Å². The van der Waals surface area contributed by atoms with E-state index in [1.54, 1.807) is 12.3 Å². The van der Waals surface area contributed by atoms with Gasteiger partial charge in [-0.3, -0.25) is 0 Å². The third-order valence-corrected chi connectivity index (χ3v) is 3.57. The van der Waals surface area contributed by atoms with E-state index in [-0.39, 0.29) is 5.69 Å². The Bertz CT molecular complexity index is 674. The minimum atomic E-state index is -1.01. The van der Waals surface area contributed by atoms with Crippen molar-refractivity contribution in [1.82, 2.24) is 9.97 Å². The number of carbonyl (C=O) groups is 1. The zero-order valence-corrected chi connectivity index (χ0v) is 11.7. The fourth-order valence-corrected chi connectivity index (χ4v) is 2.47. The summed E-state index contributed by atoms with van der Waals surface area (Å²) in [6.45, 7) is 2.25. The van der Waals surface area contributed by atoms with Crippen LogP contribution in [0.3, 0.4) is 0 Å². The number of hydrogen-bond acceptors (Lipinski definition) is 5. The van der Waals surface area contributed by atoms with Crippen LogP contribution in [0.4, 0.5) is 11.6 Å². The van der Waals surface area contributed by atoms with Crippen LogP contribution >= 0.6 is 0 Å². The molecular formula is C15H16N4O2. The number of fused-ring (bicyclic) bond motifs is 1. The summed E-state index contributed by atoms with van der Waals surface area (Å²) in [7, 11) is 2.01. The Labute approximate surface area is 122 Å². The van der Waals surface area contributed by atoms with E-state index in [4.69, 9.17) is 5.11 Å². The summed E-state index contributed by atoms with van der Waals surface area (Å²) >= 11 is 0.